The van der Waals surface area contributed by atoms with Crippen LogP contribution < -0.4 is 10.2 Å². The lowest BCUT2D eigenvalue weighted by atomic mass is 10.2. The summed E-state index contributed by atoms with van der Waals surface area (Å²) in [6.07, 6.45) is 1.54. The molecule has 1 fully saturated rings. The number of carbonyl (C=O) groups excluding carboxylic acids is 1. The van der Waals surface area contributed by atoms with E-state index in [0.29, 0.717) is 6.42 Å². The number of amides is 1. The molecule has 3 rings (SSSR count). The summed E-state index contributed by atoms with van der Waals surface area (Å²) < 4.78 is 0. The fourth-order valence-corrected chi connectivity index (χ4v) is 2.90. The Labute approximate surface area is 148 Å². The van der Waals surface area contributed by atoms with Gasteiger partial charge in [-0.2, -0.15) is 0 Å². The van der Waals surface area contributed by atoms with Crippen molar-refractivity contribution in [1.29, 1.82) is 0 Å². The predicted molar refractivity (Wildman–Crippen MR) is 100 cm³/mol. The average Bonchev–Trinajstić information content (AvgIpc) is 2.65. The molecule has 0 saturated carbocycles. The molecule has 1 N–H and O–H groups in total. The van der Waals surface area contributed by atoms with Gasteiger partial charge in [-0.15, -0.1) is 10.2 Å². The topological polar surface area (TPSA) is 61.4 Å². The highest BCUT2D eigenvalue weighted by Crippen LogP contribution is 2.18. The molecule has 0 bridgehead atoms. The van der Waals surface area contributed by atoms with E-state index >= 15 is 0 Å². The number of piperazine rings is 1. The maximum absolute atomic E-state index is 12.0. The van der Waals surface area contributed by atoms with Gasteiger partial charge < -0.3 is 15.1 Å². The standard InChI is InChI=1S/C19H25N5O/c1-3-4-19(25)24-13-11-23(12-14-24)18-10-9-17(21-22-18)20-16-7-5-15(2)6-8-16/h5-10H,3-4,11-14H2,1-2H3,(H,20,21). The van der Waals surface area contributed by atoms with E-state index in [0.717, 1.165) is 49.9 Å². The van der Waals surface area contributed by atoms with Crippen LogP contribution in [0.5, 0.6) is 0 Å². The maximum Gasteiger partial charge on any atom is 0.222 e. The van der Waals surface area contributed by atoms with Crippen molar-refractivity contribution >= 4 is 23.2 Å². The summed E-state index contributed by atoms with van der Waals surface area (Å²) in [5.74, 6) is 1.84. The van der Waals surface area contributed by atoms with Gasteiger partial charge in [0.15, 0.2) is 11.6 Å². The minimum Gasteiger partial charge on any atom is -0.352 e. The van der Waals surface area contributed by atoms with Gasteiger partial charge in [-0.1, -0.05) is 24.6 Å². The van der Waals surface area contributed by atoms with Gasteiger partial charge in [0.05, 0.1) is 0 Å². The number of hydrogen-bond acceptors (Lipinski definition) is 5. The highest BCUT2D eigenvalue weighted by molar-refractivity contribution is 5.76. The van der Waals surface area contributed by atoms with Crippen LogP contribution in [0.25, 0.3) is 0 Å². The third-order valence-electron chi connectivity index (χ3n) is 4.39. The van der Waals surface area contributed by atoms with Gasteiger partial charge in [-0.3, -0.25) is 4.79 Å². The first-order valence-electron chi connectivity index (χ1n) is 8.86. The zero-order valence-electron chi connectivity index (χ0n) is 14.9. The molecule has 2 heterocycles. The number of rotatable bonds is 5. The number of aromatic nitrogens is 2. The molecule has 1 aliphatic rings. The SMILES string of the molecule is CCCC(=O)N1CCN(c2ccc(Nc3ccc(C)cc3)nn2)CC1. The fourth-order valence-electron chi connectivity index (χ4n) is 2.90. The average molecular weight is 339 g/mol. The van der Waals surface area contributed by atoms with E-state index in [9.17, 15) is 4.79 Å². The van der Waals surface area contributed by atoms with Crippen molar-refractivity contribution in [3.05, 3.63) is 42.0 Å². The molecule has 1 aliphatic heterocycles. The summed E-state index contributed by atoms with van der Waals surface area (Å²) in [4.78, 5) is 16.1. The minimum atomic E-state index is 0.255. The van der Waals surface area contributed by atoms with Gasteiger partial charge in [-0.25, -0.2) is 0 Å². The Balaban J connectivity index is 1.56. The Morgan fingerprint density at radius 2 is 1.76 bits per heavy atom. The van der Waals surface area contributed by atoms with E-state index in [4.69, 9.17) is 0 Å². The van der Waals surface area contributed by atoms with Crippen LogP contribution in [0.2, 0.25) is 0 Å². The van der Waals surface area contributed by atoms with E-state index in [1.807, 2.05) is 36.1 Å². The van der Waals surface area contributed by atoms with Crippen molar-refractivity contribution in [2.45, 2.75) is 26.7 Å². The molecule has 0 atom stereocenters. The van der Waals surface area contributed by atoms with Gasteiger partial charge in [0.2, 0.25) is 5.91 Å². The number of aryl methyl sites for hydroxylation is 1. The van der Waals surface area contributed by atoms with Crippen LogP contribution in [0, 0.1) is 6.92 Å². The van der Waals surface area contributed by atoms with E-state index in [-0.39, 0.29) is 5.91 Å². The molecule has 1 amide bonds. The van der Waals surface area contributed by atoms with Crippen molar-refractivity contribution in [2.24, 2.45) is 0 Å². The number of nitrogens with zero attached hydrogens (tertiary/aromatic N) is 4. The van der Waals surface area contributed by atoms with Crippen molar-refractivity contribution in [3.63, 3.8) is 0 Å². The van der Waals surface area contributed by atoms with Crippen LogP contribution in [0.3, 0.4) is 0 Å². The van der Waals surface area contributed by atoms with Crippen LogP contribution in [0.1, 0.15) is 25.3 Å². The van der Waals surface area contributed by atoms with E-state index in [1.165, 1.54) is 5.56 Å². The largest absolute Gasteiger partial charge is 0.352 e. The minimum absolute atomic E-state index is 0.255. The second-order valence-corrected chi connectivity index (χ2v) is 6.39. The first kappa shape index (κ1) is 17.2. The molecule has 6 heteroatoms. The Morgan fingerprint density at radius 3 is 2.36 bits per heavy atom. The van der Waals surface area contributed by atoms with Crippen molar-refractivity contribution in [2.75, 3.05) is 36.4 Å². The zero-order valence-corrected chi connectivity index (χ0v) is 14.9. The van der Waals surface area contributed by atoms with Crippen LogP contribution >= 0.6 is 0 Å². The lowest BCUT2D eigenvalue weighted by Crippen LogP contribution is -2.49. The summed E-state index contributed by atoms with van der Waals surface area (Å²) in [6.45, 7) is 7.21. The third-order valence-corrected chi connectivity index (χ3v) is 4.39. The van der Waals surface area contributed by atoms with Crippen molar-refractivity contribution in [1.82, 2.24) is 15.1 Å². The zero-order chi connectivity index (χ0) is 17.6. The number of nitrogens with one attached hydrogen (secondary N) is 1. The van der Waals surface area contributed by atoms with Crippen LogP contribution in [0.4, 0.5) is 17.3 Å². The van der Waals surface area contributed by atoms with E-state index in [1.54, 1.807) is 0 Å². The van der Waals surface area contributed by atoms with Gasteiger partial charge in [-0.05, 0) is 37.6 Å². The second kappa shape index (κ2) is 7.96. The summed E-state index contributed by atoms with van der Waals surface area (Å²) in [7, 11) is 0. The van der Waals surface area contributed by atoms with Gasteiger partial charge >= 0.3 is 0 Å². The third kappa shape index (κ3) is 4.47. The van der Waals surface area contributed by atoms with E-state index in [2.05, 4.69) is 39.5 Å². The van der Waals surface area contributed by atoms with Crippen LogP contribution in [0.15, 0.2) is 36.4 Å². The monoisotopic (exact) mass is 339 g/mol. The van der Waals surface area contributed by atoms with E-state index < -0.39 is 0 Å². The molecular weight excluding hydrogens is 314 g/mol. The number of anilines is 3. The summed E-state index contributed by atoms with van der Waals surface area (Å²) in [5.41, 5.74) is 2.22. The Bertz CT molecular complexity index is 691. The molecule has 0 aliphatic carbocycles. The molecule has 1 saturated heterocycles. The molecule has 132 valence electrons. The van der Waals surface area contributed by atoms with Gasteiger partial charge in [0, 0.05) is 38.3 Å². The lowest BCUT2D eigenvalue weighted by Gasteiger charge is -2.35. The molecule has 1 aromatic carbocycles. The molecule has 1 aromatic heterocycles. The maximum atomic E-state index is 12.0. The van der Waals surface area contributed by atoms with Gasteiger partial charge in [0.25, 0.3) is 0 Å². The second-order valence-electron chi connectivity index (χ2n) is 6.39. The lowest BCUT2D eigenvalue weighted by molar-refractivity contribution is -0.131. The number of hydrogen-bond donors (Lipinski definition) is 1. The highest BCUT2D eigenvalue weighted by Gasteiger charge is 2.21. The van der Waals surface area contributed by atoms with Crippen LogP contribution in [-0.4, -0.2) is 47.2 Å². The Morgan fingerprint density at radius 1 is 1.04 bits per heavy atom. The number of benzene rings is 1. The summed E-state index contributed by atoms with van der Waals surface area (Å²) in [5, 5.41) is 11.9. The molecule has 0 spiro atoms. The fraction of sp³-hybridized carbons (Fsp3) is 0.421. The molecule has 25 heavy (non-hydrogen) atoms. The normalized spacial score (nSPS) is 14.5. The smallest absolute Gasteiger partial charge is 0.222 e. The van der Waals surface area contributed by atoms with Crippen LogP contribution in [-0.2, 0) is 4.79 Å². The molecule has 0 radical (unpaired) electrons. The molecule has 2 aromatic rings. The highest BCUT2D eigenvalue weighted by atomic mass is 16.2. The first-order chi connectivity index (χ1) is 12.2. The summed E-state index contributed by atoms with van der Waals surface area (Å²) >= 11 is 0. The van der Waals surface area contributed by atoms with Crippen molar-refractivity contribution < 1.29 is 4.79 Å². The molecule has 0 unspecified atom stereocenters. The first-order valence-corrected chi connectivity index (χ1v) is 8.86. The molecular formula is C19H25N5O. The Kier molecular flexibility index (Phi) is 5.48. The van der Waals surface area contributed by atoms with Crippen molar-refractivity contribution in [3.8, 4) is 0 Å². The Hall–Kier alpha value is -2.63. The molecule has 6 nitrogen and oxygen atoms in total. The summed E-state index contributed by atoms with van der Waals surface area (Å²) in [6, 6.07) is 12.1. The predicted octanol–water partition coefficient (Wildman–Crippen LogP) is 2.98. The number of carbonyl (C=O) groups is 1. The quantitative estimate of drug-likeness (QED) is 0.907. The van der Waals surface area contributed by atoms with Gasteiger partial charge in [0.1, 0.15) is 0 Å².